The Morgan fingerprint density at radius 1 is 1.19 bits per heavy atom. The van der Waals surface area contributed by atoms with Gasteiger partial charge in [0.25, 0.3) is 5.91 Å². The van der Waals surface area contributed by atoms with Crippen molar-refractivity contribution in [1.82, 2.24) is 24.9 Å². The number of methoxy groups -OCH3 is 1. The summed E-state index contributed by atoms with van der Waals surface area (Å²) in [7, 11) is 1.62. The molecule has 168 valence electrons. The van der Waals surface area contributed by atoms with E-state index in [4.69, 9.17) is 14.6 Å². The van der Waals surface area contributed by atoms with E-state index in [0.29, 0.717) is 43.9 Å². The second-order valence-corrected chi connectivity index (χ2v) is 7.90. The van der Waals surface area contributed by atoms with Crippen molar-refractivity contribution in [3.05, 3.63) is 23.9 Å². The molecule has 2 saturated heterocycles. The monoisotopic (exact) mass is 431 g/mol. The van der Waals surface area contributed by atoms with Gasteiger partial charge in [0, 0.05) is 44.2 Å². The average Bonchev–Trinajstić information content (AvgIpc) is 3.18. The molecule has 0 aliphatic carbocycles. The Labute approximate surface area is 180 Å². The molecule has 0 spiro atoms. The van der Waals surface area contributed by atoms with E-state index in [9.17, 15) is 9.59 Å². The summed E-state index contributed by atoms with van der Waals surface area (Å²) >= 11 is 0. The number of fused-ring (bicyclic) bond motifs is 1. The molecule has 3 heterocycles. The maximum atomic E-state index is 13.1. The third-order valence-electron chi connectivity index (χ3n) is 6.00. The molecule has 31 heavy (non-hydrogen) atoms. The summed E-state index contributed by atoms with van der Waals surface area (Å²) in [4.78, 5) is 27.9. The standard InChI is InChI=1S/C21H29N5O5/c1-30-17-4-2-3-16-18(20(27)22-15-5-7-25(8-6-15)21(28)29)23-26(19(16)17)10-9-24-11-13-31-14-12-24/h2-4,15H,5-14H2,1H3,(H,22,27)(H,28,29). The Balaban J connectivity index is 1.51. The van der Waals surface area contributed by atoms with Gasteiger partial charge in [-0.3, -0.25) is 14.4 Å². The van der Waals surface area contributed by atoms with Crippen molar-refractivity contribution in [1.29, 1.82) is 0 Å². The molecule has 2 aromatic rings. The number of nitrogens with one attached hydrogen (secondary N) is 1. The van der Waals surface area contributed by atoms with Crippen molar-refractivity contribution >= 4 is 22.9 Å². The average molecular weight is 431 g/mol. The number of para-hydroxylation sites is 1. The molecule has 10 heteroatoms. The Morgan fingerprint density at radius 3 is 2.61 bits per heavy atom. The fraction of sp³-hybridized carbons (Fsp3) is 0.571. The van der Waals surface area contributed by atoms with Gasteiger partial charge >= 0.3 is 6.09 Å². The first kappa shape index (κ1) is 21.4. The van der Waals surface area contributed by atoms with Crippen LogP contribution in [-0.2, 0) is 11.3 Å². The first-order valence-corrected chi connectivity index (χ1v) is 10.7. The molecule has 1 aromatic heterocycles. The van der Waals surface area contributed by atoms with E-state index in [1.54, 1.807) is 7.11 Å². The second kappa shape index (κ2) is 9.52. The lowest BCUT2D eigenvalue weighted by molar-refractivity contribution is 0.0361. The molecule has 4 rings (SSSR count). The van der Waals surface area contributed by atoms with Crippen molar-refractivity contribution in [2.45, 2.75) is 25.4 Å². The predicted molar refractivity (Wildman–Crippen MR) is 114 cm³/mol. The van der Waals surface area contributed by atoms with Gasteiger partial charge in [0.15, 0.2) is 5.69 Å². The third-order valence-corrected chi connectivity index (χ3v) is 6.00. The molecule has 2 aliphatic heterocycles. The summed E-state index contributed by atoms with van der Waals surface area (Å²) in [6, 6.07) is 5.55. The molecule has 10 nitrogen and oxygen atoms in total. The lowest BCUT2D eigenvalue weighted by Crippen LogP contribution is -2.46. The Hall–Kier alpha value is -2.85. The van der Waals surface area contributed by atoms with Gasteiger partial charge in [-0.25, -0.2) is 4.79 Å². The summed E-state index contributed by atoms with van der Waals surface area (Å²) in [5.74, 6) is 0.443. The van der Waals surface area contributed by atoms with Gasteiger partial charge in [-0.1, -0.05) is 12.1 Å². The third kappa shape index (κ3) is 4.75. The number of ether oxygens (including phenoxy) is 2. The summed E-state index contributed by atoms with van der Waals surface area (Å²) in [6.07, 6.45) is 0.274. The zero-order chi connectivity index (χ0) is 21.8. The lowest BCUT2D eigenvalue weighted by Gasteiger charge is -2.30. The number of benzene rings is 1. The highest BCUT2D eigenvalue weighted by Crippen LogP contribution is 2.28. The normalized spacial score (nSPS) is 18.3. The number of rotatable bonds is 6. The van der Waals surface area contributed by atoms with Gasteiger partial charge < -0.3 is 24.8 Å². The van der Waals surface area contributed by atoms with Crippen molar-refractivity contribution < 1.29 is 24.2 Å². The number of morpholine rings is 1. The molecule has 0 bridgehead atoms. The molecule has 0 atom stereocenters. The number of hydrogen-bond acceptors (Lipinski definition) is 6. The quantitative estimate of drug-likeness (QED) is 0.708. The molecule has 0 unspecified atom stereocenters. The van der Waals surface area contributed by atoms with Crippen LogP contribution in [0, 0.1) is 0 Å². The number of likely N-dealkylation sites (tertiary alicyclic amines) is 1. The van der Waals surface area contributed by atoms with Gasteiger partial charge in [0.1, 0.15) is 11.3 Å². The summed E-state index contributed by atoms with van der Waals surface area (Å²) in [6.45, 7) is 5.53. The summed E-state index contributed by atoms with van der Waals surface area (Å²) in [5.41, 5.74) is 1.18. The molecule has 2 amide bonds. The molecular formula is C21H29N5O5. The van der Waals surface area contributed by atoms with Crippen LogP contribution in [-0.4, -0.2) is 95.8 Å². The van der Waals surface area contributed by atoms with Gasteiger partial charge in [0.2, 0.25) is 0 Å². The molecule has 0 saturated carbocycles. The fourth-order valence-electron chi connectivity index (χ4n) is 4.23. The number of hydrogen-bond donors (Lipinski definition) is 2. The minimum absolute atomic E-state index is 0.0674. The number of aromatic nitrogens is 2. The molecular weight excluding hydrogens is 402 g/mol. The Kier molecular flexibility index (Phi) is 6.57. The van der Waals surface area contributed by atoms with Gasteiger partial charge in [0.05, 0.1) is 26.9 Å². The maximum Gasteiger partial charge on any atom is 0.407 e. The second-order valence-electron chi connectivity index (χ2n) is 7.90. The Bertz CT molecular complexity index is 932. The van der Waals surface area contributed by atoms with Gasteiger partial charge in [-0.2, -0.15) is 5.10 Å². The number of nitrogens with zero attached hydrogens (tertiary/aromatic N) is 4. The van der Waals surface area contributed by atoms with Crippen LogP contribution in [0.2, 0.25) is 0 Å². The van der Waals surface area contributed by atoms with Crippen LogP contribution in [0.25, 0.3) is 10.9 Å². The topological polar surface area (TPSA) is 109 Å². The van der Waals surface area contributed by atoms with Crippen LogP contribution in [0.5, 0.6) is 5.75 Å². The van der Waals surface area contributed by atoms with Crippen LogP contribution >= 0.6 is 0 Å². The maximum absolute atomic E-state index is 13.1. The first-order chi connectivity index (χ1) is 15.1. The number of carbonyl (C=O) groups excluding carboxylic acids is 1. The zero-order valence-electron chi connectivity index (χ0n) is 17.7. The molecule has 1 aromatic carbocycles. The number of piperidine rings is 1. The van der Waals surface area contributed by atoms with Crippen molar-refractivity contribution in [3.8, 4) is 5.75 Å². The van der Waals surface area contributed by atoms with Crippen LogP contribution in [0.15, 0.2) is 18.2 Å². The van der Waals surface area contributed by atoms with Crippen LogP contribution < -0.4 is 10.1 Å². The van der Waals surface area contributed by atoms with Crippen molar-refractivity contribution in [2.75, 3.05) is 53.0 Å². The summed E-state index contributed by atoms with van der Waals surface area (Å²) in [5, 5.41) is 17.5. The van der Waals surface area contributed by atoms with E-state index in [2.05, 4.69) is 15.3 Å². The largest absolute Gasteiger partial charge is 0.494 e. The van der Waals surface area contributed by atoms with E-state index in [0.717, 1.165) is 43.8 Å². The fourth-order valence-corrected chi connectivity index (χ4v) is 4.23. The highest BCUT2D eigenvalue weighted by molar-refractivity contribution is 6.06. The van der Waals surface area contributed by atoms with Crippen LogP contribution in [0.3, 0.4) is 0 Å². The van der Waals surface area contributed by atoms with E-state index in [-0.39, 0.29) is 11.9 Å². The van der Waals surface area contributed by atoms with Gasteiger partial charge in [-0.15, -0.1) is 0 Å². The smallest absolute Gasteiger partial charge is 0.407 e. The minimum atomic E-state index is -0.915. The highest BCUT2D eigenvalue weighted by atomic mass is 16.5. The predicted octanol–water partition coefficient (Wildman–Crippen LogP) is 1.25. The zero-order valence-corrected chi connectivity index (χ0v) is 17.7. The lowest BCUT2D eigenvalue weighted by atomic mass is 10.0. The molecule has 2 fully saturated rings. The Morgan fingerprint density at radius 2 is 1.94 bits per heavy atom. The van der Waals surface area contributed by atoms with E-state index < -0.39 is 6.09 Å². The number of carbonyl (C=O) groups is 2. The highest BCUT2D eigenvalue weighted by Gasteiger charge is 2.26. The molecule has 0 radical (unpaired) electrons. The van der Waals surface area contributed by atoms with E-state index >= 15 is 0 Å². The van der Waals surface area contributed by atoms with Crippen LogP contribution in [0.1, 0.15) is 23.3 Å². The van der Waals surface area contributed by atoms with Crippen LogP contribution in [0.4, 0.5) is 4.79 Å². The van der Waals surface area contributed by atoms with Crippen molar-refractivity contribution in [2.24, 2.45) is 0 Å². The number of carboxylic acid groups (broad SMARTS) is 1. The first-order valence-electron chi connectivity index (χ1n) is 10.7. The van der Waals surface area contributed by atoms with Crippen molar-refractivity contribution in [3.63, 3.8) is 0 Å². The SMILES string of the molecule is COc1cccc2c(C(=O)NC3CCN(C(=O)O)CC3)nn(CCN3CCOCC3)c12. The number of amides is 2. The minimum Gasteiger partial charge on any atom is -0.494 e. The summed E-state index contributed by atoms with van der Waals surface area (Å²) < 4.78 is 12.8. The molecule has 2 N–H and O–H groups in total. The van der Waals surface area contributed by atoms with E-state index in [1.165, 1.54) is 4.90 Å². The van der Waals surface area contributed by atoms with Gasteiger partial charge in [-0.05, 0) is 18.9 Å². The molecule has 2 aliphatic rings. The van der Waals surface area contributed by atoms with E-state index in [1.807, 2.05) is 22.9 Å².